The number of hydrogen-bond acceptors (Lipinski definition) is 3. The van der Waals surface area contributed by atoms with Crippen LogP contribution < -0.4 is 5.19 Å². The molecule has 2 nitrogen and oxygen atoms in total. The molecule has 0 radical (unpaired) electrons. The van der Waals surface area contributed by atoms with Gasteiger partial charge in [-0.25, -0.2) is 9.97 Å². The van der Waals surface area contributed by atoms with E-state index >= 15 is 0 Å². The van der Waals surface area contributed by atoms with Gasteiger partial charge in [-0.2, -0.15) is 0 Å². The molecule has 5 rings (SSSR count). The van der Waals surface area contributed by atoms with Crippen LogP contribution in [-0.4, -0.2) is 18.0 Å². The molecule has 0 fully saturated rings. The number of aromatic nitrogens is 2. The molecule has 0 spiro atoms. The standard InChI is InChI=1S/C28H30N2SSi/c1-17-23(32(5,6)7)13-12-21-25-27(31-26(17)21)24(29-16-30-25)19-14-18-10-8-9-11-20(18)22(15-19)28(2,3)4/h8-16H,1-7H3/i16D. The highest BCUT2D eigenvalue weighted by molar-refractivity contribution is 7.26. The van der Waals surface area contributed by atoms with Crippen molar-refractivity contribution in [2.45, 2.75) is 52.8 Å². The minimum absolute atomic E-state index is 0.00541. The Morgan fingerprint density at radius 3 is 2.38 bits per heavy atom. The van der Waals surface area contributed by atoms with Crippen molar-refractivity contribution in [3.8, 4) is 11.3 Å². The van der Waals surface area contributed by atoms with Gasteiger partial charge in [-0.15, -0.1) is 11.3 Å². The first-order valence-corrected chi connectivity index (χ1v) is 15.5. The van der Waals surface area contributed by atoms with Crippen molar-refractivity contribution in [2.24, 2.45) is 0 Å². The molecule has 0 aliphatic rings. The summed E-state index contributed by atoms with van der Waals surface area (Å²) >= 11 is 1.78. The van der Waals surface area contributed by atoms with E-state index in [4.69, 9.17) is 1.37 Å². The molecule has 0 saturated carbocycles. The first-order chi connectivity index (χ1) is 15.4. The van der Waals surface area contributed by atoms with Crippen molar-refractivity contribution in [2.75, 3.05) is 0 Å². The van der Waals surface area contributed by atoms with Crippen LogP contribution in [0.25, 0.3) is 42.3 Å². The number of nitrogens with zero attached hydrogens (tertiary/aromatic N) is 2. The van der Waals surface area contributed by atoms with Crippen molar-refractivity contribution < 1.29 is 1.37 Å². The normalized spacial score (nSPS) is 13.3. The Bertz CT molecular complexity index is 1550. The van der Waals surface area contributed by atoms with Crippen LogP contribution >= 0.6 is 11.3 Å². The molecule has 0 N–H and O–H groups in total. The van der Waals surface area contributed by atoms with Gasteiger partial charge in [0.25, 0.3) is 0 Å². The summed E-state index contributed by atoms with van der Waals surface area (Å²) in [4.78, 5) is 9.27. The molecule has 0 amide bonds. The largest absolute Gasteiger partial charge is 0.235 e. The highest BCUT2D eigenvalue weighted by Crippen LogP contribution is 2.41. The first-order valence-electron chi connectivity index (χ1n) is 11.7. The lowest BCUT2D eigenvalue weighted by atomic mass is 9.82. The number of hydrogen-bond donors (Lipinski definition) is 0. The van der Waals surface area contributed by atoms with Crippen molar-refractivity contribution in [3.63, 3.8) is 0 Å². The van der Waals surface area contributed by atoms with Crippen LogP contribution in [-0.2, 0) is 5.41 Å². The second-order valence-electron chi connectivity index (χ2n) is 10.8. The van der Waals surface area contributed by atoms with Gasteiger partial charge in [0.2, 0.25) is 0 Å². The molecule has 2 aromatic heterocycles. The van der Waals surface area contributed by atoms with Gasteiger partial charge < -0.3 is 0 Å². The quantitative estimate of drug-likeness (QED) is 0.254. The van der Waals surface area contributed by atoms with E-state index in [2.05, 4.69) is 106 Å². The minimum atomic E-state index is -1.46. The number of rotatable bonds is 2. The number of fused-ring (bicyclic) bond motifs is 4. The lowest BCUT2D eigenvalue weighted by Crippen LogP contribution is -2.39. The summed E-state index contributed by atoms with van der Waals surface area (Å²) < 4.78 is 10.8. The van der Waals surface area contributed by atoms with Gasteiger partial charge >= 0.3 is 0 Å². The zero-order valence-corrected chi connectivity index (χ0v) is 21.7. The number of thiophene rings is 1. The highest BCUT2D eigenvalue weighted by Gasteiger charge is 2.23. The van der Waals surface area contributed by atoms with Crippen LogP contribution in [0.5, 0.6) is 0 Å². The molecule has 3 aromatic carbocycles. The summed E-state index contributed by atoms with van der Waals surface area (Å²) in [6.07, 6.45) is 0.0783. The monoisotopic (exact) mass is 455 g/mol. The Labute approximate surface area is 196 Å². The topological polar surface area (TPSA) is 25.8 Å². The Morgan fingerprint density at radius 2 is 1.66 bits per heavy atom. The van der Waals surface area contributed by atoms with E-state index in [1.807, 2.05) is 0 Å². The van der Waals surface area contributed by atoms with Gasteiger partial charge in [0, 0.05) is 15.6 Å². The highest BCUT2D eigenvalue weighted by atomic mass is 32.1. The summed E-state index contributed by atoms with van der Waals surface area (Å²) in [5, 5.41) is 5.11. The van der Waals surface area contributed by atoms with E-state index < -0.39 is 8.07 Å². The van der Waals surface area contributed by atoms with Gasteiger partial charge in [0.1, 0.15) is 7.67 Å². The lowest BCUT2D eigenvalue weighted by molar-refractivity contribution is 0.596. The Hall–Kier alpha value is -2.56. The molecule has 2 heterocycles. The van der Waals surface area contributed by atoms with E-state index in [0.717, 1.165) is 26.9 Å². The molecular formula is C28H30N2SSi. The van der Waals surface area contributed by atoms with E-state index in [1.54, 1.807) is 11.3 Å². The number of aryl methyl sites for hydroxylation is 1. The van der Waals surface area contributed by atoms with Crippen molar-refractivity contribution in [3.05, 3.63) is 66.0 Å². The molecule has 162 valence electrons. The van der Waals surface area contributed by atoms with E-state index in [-0.39, 0.29) is 11.7 Å². The first kappa shape index (κ1) is 20.1. The average Bonchev–Trinajstić information content (AvgIpc) is 3.10. The Balaban J connectivity index is 1.87. The van der Waals surface area contributed by atoms with Crippen molar-refractivity contribution in [1.82, 2.24) is 9.97 Å². The van der Waals surface area contributed by atoms with Crippen LogP contribution in [0, 0.1) is 6.92 Å². The van der Waals surface area contributed by atoms with Gasteiger partial charge in [-0.1, -0.05) is 82.0 Å². The molecular weight excluding hydrogens is 424 g/mol. The maximum Gasteiger partial charge on any atom is 0.116 e. The lowest BCUT2D eigenvalue weighted by Gasteiger charge is -2.22. The second-order valence-corrected chi connectivity index (χ2v) is 16.9. The van der Waals surface area contributed by atoms with Gasteiger partial charge in [-0.05, 0) is 46.4 Å². The van der Waals surface area contributed by atoms with E-state index in [0.29, 0.717) is 0 Å². The van der Waals surface area contributed by atoms with Crippen LogP contribution in [0.2, 0.25) is 19.6 Å². The third kappa shape index (κ3) is 3.37. The molecule has 0 bridgehead atoms. The SMILES string of the molecule is [2H]c1nc(-c2cc(C(C)(C)C)c3ccccc3c2)c2sc3c(C)c([Si](C)(C)C)ccc3c2n1. The van der Waals surface area contributed by atoms with Crippen LogP contribution in [0.3, 0.4) is 0 Å². The molecule has 0 saturated heterocycles. The average molecular weight is 456 g/mol. The Morgan fingerprint density at radius 1 is 0.906 bits per heavy atom. The van der Waals surface area contributed by atoms with Gasteiger partial charge in [0.15, 0.2) is 0 Å². The fourth-order valence-electron chi connectivity index (χ4n) is 4.81. The smallest absolute Gasteiger partial charge is 0.116 e. The number of benzene rings is 3. The van der Waals surface area contributed by atoms with E-state index in [9.17, 15) is 0 Å². The summed E-state index contributed by atoms with van der Waals surface area (Å²) in [5.41, 5.74) is 5.49. The van der Waals surface area contributed by atoms with Crippen molar-refractivity contribution in [1.29, 1.82) is 0 Å². The second kappa shape index (κ2) is 7.22. The zero-order valence-electron chi connectivity index (χ0n) is 20.9. The van der Waals surface area contributed by atoms with Crippen LogP contribution in [0.4, 0.5) is 0 Å². The maximum atomic E-state index is 8.41. The van der Waals surface area contributed by atoms with Crippen LogP contribution in [0.15, 0.2) is 54.8 Å². The molecule has 0 atom stereocenters. The maximum absolute atomic E-state index is 8.41. The van der Waals surface area contributed by atoms with Crippen molar-refractivity contribution >= 4 is 55.7 Å². The van der Waals surface area contributed by atoms with Gasteiger partial charge in [-0.3, -0.25) is 0 Å². The molecule has 4 heteroatoms. The molecule has 0 aliphatic heterocycles. The predicted molar refractivity (Wildman–Crippen MR) is 144 cm³/mol. The molecule has 5 aromatic rings. The van der Waals surface area contributed by atoms with Crippen LogP contribution in [0.1, 0.15) is 33.3 Å². The summed E-state index contributed by atoms with van der Waals surface area (Å²) in [7, 11) is -1.46. The summed E-state index contributed by atoms with van der Waals surface area (Å²) in [6.45, 7) is 16.2. The Kier molecular flexibility index (Phi) is 4.53. The summed E-state index contributed by atoms with van der Waals surface area (Å²) in [5.74, 6) is 0. The molecule has 0 aliphatic carbocycles. The third-order valence-corrected chi connectivity index (χ3v) is 9.85. The fourth-order valence-corrected chi connectivity index (χ4v) is 7.98. The molecule has 0 unspecified atom stereocenters. The predicted octanol–water partition coefficient (Wildman–Crippen LogP) is 7.82. The zero-order chi connectivity index (χ0) is 23.7. The van der Waals surface area contributed by atoms with Gasteiger partial charge in [0.05, 0.1) is 24.0 Å². The third-order valence-electron chi connectivity index (χ3n) is 6.37. The fraction of sp³-hybridized carbons (Fsp3) is 0.286. The summed E-state index contributed by atoms with van der Waals surface area (Å²) in [6, 6.07) is 17.6. The minimum Gasteiger partial charge on any atom is -0.235 e. The van der Waals surface area contributed by atoms with E-state index in [1.165, 1.54) is 31.8 Å². The molecule has 32 heavy (non-hydrogen) atoms.